The van der Waals surface area contributed by atoms with E-state index in [9.17, 15) is 9.90 Å². The smallest absolute Gasteiger partial charge is 0.309 e. The van der Waals surface area contributed by atoms with Crippen LogP contribution in [0.25, 0.3) is 0 Å². The van der Waals surface area contributed by atoms with Crippen molar-refractivity contribution < 1.29 is 14.6 Å². The highest BCUT2D eigenvalue weighted by atomic mass is 16.5. The van der Waals surface area contributed by atoms with Gasteiger partial charge in [-0.1, -0.05) is 46.3 Å². The van der Waals surface area contributed by atoms with E-state index in [-0.39, 0.29) is 29.5 Å². The number of carbonyl (C=O) groups excluding carboxylic acids is 1. The van der Waals surface area contributed by atoms with E-state index in [1.54, 1.807) is 5.57 Å². The summed E-state index contributed by atoms with van der Waals surface area (Å²) in [6.45, 7) is 13.3. The first-order chi connectivity index (χ1) is 14.1. The molecular weight excluding hydrogens is 372 g/mol. The SMILES string of the molecule is CC(C)[C@H](C)C(=O)O[C@@H](C)[C@H]1CCC2C3CC=C4CC(O)CC[C@]4(C)C3CC[C@@]21C. The molecule has 3 saturated carbocycles. The highest BCUT2D eigenvalue weighted by Crippen LogP contribution is 2.66. The van der Waals surface area contributed by atoms with Gasteiger partial charge in [-0.3, -0.25) is 4.79 Å². The average Bonchev–Trinajstić information content (AvgIpc) is 3.05. The van der Waals surface area contributed by atoms with Crippen LogP contribution in [0.15, 0.2) is 11.6 Å². The molecular formula is C27H44O3. The van der Waals surface area contributed by atoms with Gasteiger partial charge < -0.3 is 9.84 Å². The zero-order valence-corrected chi connectivity index (χ0v) is 20.1. The second kappa shape index (κ2) is 7.94. The van der Waals surface area contributed by atoms with Gasteiger partial charge in [0.15, 0.2) is 0 Å². The lowest BCUT2D eigenvalue weighted by Gasteiger charge is -2.58. The fraction of sp³-hybridized carbons (Fsp3) is 0.889. The third-order valence-corrected chi connectivity index (χ3v) is 10.4. The van der Waals surface area contributed by atoms with Crippen LogP contribution in [-0.2, 0) is 9.53 Å². The third kappa shape index (κ3) is 3.48. The van der Waals surface area contributed by atoms with E-state index < -0.39 is 0 Å². The van der Waals surface area contributed by atoms with E-state index in [2.05, 4.69) is 40.7 Å². The summed E-state index contributed by atoms with van der Waals surface area (Å²) >= 11 is 0. The van der Waals surface area contributed by atoms with Crippen LogP contribution in [0.3, 0.4) is 0 Å². The van der Waals surface area contributed by atoms with Gasteiger partial charge in [0, 0.05) is 5.92 Å². The van der Waals surface area contributed by atoms with E-state index in [1.807, 2.05) is 6.92 Å². The van der Waals surface area contributed by atoms with E-state index in [1.165, 1.54) is 32.1 Å². The van der Waals surface area contributed by atoms with Crippen molar-refractivity contribution in [2.24, 2.45) is 46.3 Å². The van der Waals surface area contributed by atoms with Crippen molar-refractivity contribution in [2.75, 3.05) is 0 Å². The Kier molecular flexibility index (Phi) is 5.92. The monoisotopic (exact) mass is 416 g/mol. The Labute approximate surface area is 184 Å². The molecule has 30 heavy (non-hydrogen) atoms. The minimum absolute atomic E-state index is 0.0142. The number of hydrogen-bond acceptors (Lipinski definition) is 3. The molecule has 0 radical (unpaired) electrons. The molecule has 3 heteroatoms. The van der Waals surface area contributed by atoms with E-state index in [0.29, 0.717) is 17.3 Å². The standard InChI is InChI=1S/C27H44O3/c1-16(2)17(3)25(29)30-18(4)22-9-10-23-21-8-7-19-15-20(28)11-13-26(19,5)24(21)12-14-27(22,23)6/h7,16-18,20-24,28H,8-15H2,1-6H3/t17-,18-,20?,21?,22+,23?,24?,26-,27+/m0/s1. The molecule has 4 rings (SSSR count). The maximum atomic E-state index is 12.6. The highest BCUT2D eigenvalue weighted by molar-refractivity contribution is 5.72. The summed E-state index contributed by atoms with van der Waals surface area (Å²) < 4.78 is 6.05. The Morgan fingerprint density at radius 1 is 1.07 bits per heavy atom. The zero-order valence-electron chi connectivity index (χ0n) is 20.1. The van der Waals surface area contributed by atoms with Crippen LogP contribution < -0.4 is 0 Å². The van der Waals surface area contributed by atoms with Gasteiger partial charge in [-0.15, -0.1) is 0 Å². The number of hydrogen-bond donors (Lipinski definition) is 1. The molecule has 0 aliphatic heterocycles. The zero-order chi connectivity index (χ0) is 21.8. The molecule has 0 heterocycles. The van der Waals surface area contributed by atoms with Gasteiger partial charge >= 0.3 is 5.97 Å². The minimum atomic E-state index is -0.130. The van der Waals surface area contributed by atoms with Gasteiger partial charge in [0.25, 0.3) is 0 Å². The molecule has 0 bridgehead atoms. The Balaban J connectivity index is 1.51. The fourth-order valence-corrected chi connectivity index (χ4v) is 8.10. The van der Waals surface area contributed by atoms with Crippen LogP contribution in [0.2, 0.25) is 0 Å². The summed E-state index contributed by atoms with van der Waals surface area (Å²) in [7, 11) is 0. The van der Waals surface area contributed by atoms with Crippen LogP contribution >= 0.6 is 0 Å². The van der Waals surface area contributed by atoms with Gasteiger partial charge in [0.1, 0.15) is 6.10 Å². The molecule has 0 aromatic carbocycles. The number of esters is 1. The molecule has 0 aromatic rings. The predicted octanol–water partition coefficient (Wildman–Crippen LogP) is 6.15. The van der Waals surface area contributed by atoms with Crippen molar-refractivity contribution >= 4 is 5.97 Å². The first-order valence-corrected chi connectivity index (χ1v) is 12.7. The van der Waals surface area contributed by atoms with E-state index in [0.717, 1.165) is 37.0 Å². The maximum absolute atomic E-state index is 12.6. The van der Waals surface area contributed by atoms with Gasteiger partial charge in [-0.25, -0.2) is 0 Å². The predicted molar refractivity (Wildman–Crippen MR) is 121 cm³/mol. The van der Waals surface area contributed by atoms with Crippen LogP contribution in [0, 0.1) is 46.3 Å². The normalized spacial score (nSPS) is 45.1. The molecule has 4 unspecified atom stereocenters. The molecule has 4 aliphatic rings. The van der Waals surface area contributed by atoms with Gasteiger partial charge in [-0.2, -0.15) is 0 Å². The topological polar surface area (TPSA) is 46.5 Å². The van der Waals surface area contributed by atoms with Crippen molar-refractivity contribution in [3.8, 4) is 0 Å². The number of allylic oxidation sites excluding steroid dienone is 1. The molecule has 0 amide bonds. The summed E-state index contributed by atoms with van der Waals surface area (Å²) in [5, 5.41) is 10.2. The van der Waals surface area contributed by atoms with Crippen LogP contribution in [0.1, 0.15) is 92.9 Å². The summed E-state index contributed by atoms with van der Waals surface area (Å²) in [4.78, 5) is 12.6. The average molecular weight is 417 g/mol. The fourth-order valence-electron chi connectivity index (χ4n) is 8.10. The summed E-state index contributed by atoms with van der Waals surface area (Å²) in [5.41, 5.74) is 2.13. The number of carbonyl (C=O) groups is 1. The first kappa shape index (κ1) is 22.4. The first-order valence-electron chi connectivity index (χ1n) is 12.7. The van der Waals surface area contributed by atoms with E-state index >= 15 is 0 Å². The molecule has 170 valence electrons. The highest BCUT2D eigenvalue weighted by Gasteiger charge is 2.59. The molecule has 0 saturated heterocycles. The van der Waals surface area contributed by atoms with Crippen molar-refractivity contribution in [1.29, 1.82) is 0 Å². The quantitative estimate of drug-likeness (QED) is 0.441. The van der Waals surface area contributed by atoms with Crippen molar-refractivity contribution in [1.82, 2.24) is 0 Å². The Bertz CT molecular complexity index is 696. The summed E-state index contributed by atoms with van der Waals surface area (Å²) in [6, 6.07) is 0. The molecule has 9 atom stereocenters. The molecule has 3 nitrogen and oxygen atoms in total. The molecule has 3 fully saturated rings. The largest absolute Gasteiger partial charge is 0.462 e. The summed E-state index contributed by atoms with van der Waals surface area (Å²) in [6.07, 6.45) is 11.6. The summed E-state index contributed by atoms with van der Waals surface area (Å²) in [5.74, 6) is 3.03. The molecule has 4 aliphatic carbocycles. The number of aliphatic hydroxyl groups excluding tert-OH is 1. The number of ether oxygens (including phenoxy) is 1. The lowest BCUT2D eigenvalue weighted by Crippen LogP contribution is -2.51. The maximum Gasteiger partial charge on any atom is 0.309 e. The van der Waals surface area contributed by atoms with Gasteiger partial charge in [0.2, 0.25) is 0 Å². The van der Waals surface area contributed by atoms with Crippen molar-refractivity contribution in [2.45, 2.75) is 105 Å². The Morgan fingerprint density at radius 3 is 2.50 bits per heavy atom. The van der Waals surface area contributed by atoms with Gasteiger partial charge in [0.05, 0.1) is 12.0 Å². The second-order valence-corrected chi connectivity index (χ2v) is 12.1. The van der Waals surface area contributed by atoms with Crippen LogP contribution in [0.5, 0.6) is 0 Å². The van der Waals surface area contributed by atoms with Crippen LogP contribution in [-0.4, -0.2) is 23.3 Å². The third-order valence-electron chi connectivity index (χ3n) is 10.4. The molecule has 0 spiro atoms. The van der Waals surface area contributed by atoms with Crippen LogP contribution in [0.4, 0.5) is 0 Å². The number of rotatable bonds is 4. The van der Waals surface area contributed by atoms with Crippen molar-refractivity contribution in [3.63, 3.8) is 0 Å². The van der Waals surface area contributed by atoms with Crippen molar-refractivity contribution in [3.05, 3.63) is 11.6 Å². The Morgan fingerprint density at radius 2 is 1.80 bits per heavy atom. The number of aliphatic hydroxyl groups is 1. The number of fused-ring (bicyclic) bond motifs is 5. The minimum Gasteiger partial charge on any atom is -0.462 e. The lowest BCUT2D eigenvalue weighted by atomic mass is 9.47. The van der Waals surface area contributed by atoms with Gasteiger partial charge in [-0.05, 0) is 92.8 Å². The second-order valence-electron chi connectivity index (χ2n) is 12.1. The van der Waals surface area contributed by atoms with E-state index in [4.69, 9.17) is 4.74 Å². The molecule has 1 N–H and O–H groups in total. The Hall–Kier alpha value is -0.830. The lowest BCUT2D eigenvalue weighted by molar-refractivity contribution is -0.160. The molecule has 0 aromatic heterocycles.